The van der Waals surface area contributed by atoms with Crippen LogP contribution in [0.4, 0.5) is 5.13 Å². The fourth-order valence-corrected chi connectivity index (χ4v) is 5.06. The molecule has 1 aromatic heterocycles. The van der Waals surface area contributed by atoms with Gasteiger partial charge in [0.05, 0.1) is 0 Å². The molecule has 3 rings (SSSR count). The molecule has 1 saturated heterocycles. The summed E-state index contributed by atoms with van der Waals surface area (Å²) in [7, 11) is 0. The average Bonchev–Trinajstić information content (AvgIpc) is 2.96. The highest BCUT2D eigenvalue weighted by atomic mass is 35.5. The number of carboxylic acid groups (broad SMARTS) is 1. The number of allylic oxidation sites excluding steroid dienone is 1. The molecule has 1 aromatic rings. The van der Waals surface area contributed by atoms with E-state index in [1.807, 2.05) is 0 Å². The number of nitrogen functional groups attached to an aromatic ring is 1. The van der Waals surface area contributed by atoms with Crippen molar-refractivity contribution in [3.8, 4) is 0 Å². The van der Waals surface area contributed by atoms with Crippen molar-refractivity contribution in [2.45, 2.75) is 17.5 Å². The lowest BCUT2D eigenvalue weighted by Gasteiger charge is -2.49. The van der Waals surface area contributed by atoms with Crippen LogP contribution in [0.3, 0.4) is 0 Å². The first kappa shape index (κ1) is 19.3. The Bertz CT molecular complexity index is 900. The molecule has 2 aliphatic heterocycles. The van der Waals surface area contributed by atoms with Gasteiger partial charge in [-0.05, 0) is 10.7 Å². The summed E-state index contributed by atoms with van der Waals surface area (Å²) in [5, 5.41) is 14.0. The number of nitrogens with one attached hydrogen (secondary N) is 1. The number of carbonyl (C=O) groups is 3. The first-order valence-corrected chi connectivity index (χ1v) is 9.62. The first-order chi connectivity index (χ1) is 12.8. The van der Waals surface area contributed by atoms with Crippen molar-refractivity contribution in [3.63, 3.8) is 0 Å². The number of rotatable bonds is 6. The van der Waals surface area contributed by atoms with Gasteiger partial charge in [-0.3, -0.25) is 14.5 Å². The quantitative estimate of drug-likeness (QED) is 0.448. The molecule has 0 spiro atoms. The van der Waals surface area contributed by atoms with Gasteiger partial charge in [0.2, 0.25) is 6.04 Å². The summed E-state index contributed by atoms with van der Waals surface area (Å²) in [6.45, 7) is 3.55. The number of β-lactam (4-membered cyclic amide) rings is 1. The molecule has 3 atom stereocenters. The molecule has 1 unspecified atom stereocenters. The summed E-state index contributed by atoms with van der Waals surface area (Å²) in [4.78, 5) is 52.4. The van der Waals surface area contributed by atoms with Gasteiger partial charge in [-0.15, -0.1) is 16.7 Å². The molecule has 13 heteroatoms. The molecule has 10 nitrogen and oxygen atoms in total. The minimum Gasteiger partial charge on any atom is -0.477 e. The predicted octanol–water partition coefficient (Wildman–Crippen LogP) is 1.11. The van der Waals surface area contributed by atoms with Crippen molar-refractivity contribution in [1.82, 2.24) is 15.2 Å². The normalized spacial score (nSPS) is 22.6. The first-order valence-electron chi connectivity index (χ1n) is 7.38. The van der Waals surface area contributed by atoms with Gasteiger partial charge < -0.3 is 16.2 Å². The molecule has 2 aliphatic rings. The fourth-order valence-electron chi connectivity index (χ4n) is 2.75. The molecular weight excluding hydrogens is 418 g/mol. The number of hydrogen-bond donors (Lipinski definition) is 3. The number of anilines is 1. The number of carbonyl (C=O) groups excluding carboxylic acids is 2. The van der Waals surface area contributed by atoms with Crippen LogP contribution in [0.1, 0.15) is 11.7 Å². The van der Waals surface area contributed by atoms with Crippen LogP contribution in [0, 0.1) is 4.91 Å². The summed E-state index contributed by atoms with van der Waals surface area (Å²) in [6, 6.07) is -2.57. The molecule has 27 heavy (non-hydrogen) atoms. The molecule has 142 valence electrons. The maximum atomic E-state index is 12.4. The van der Waals surface area contributed by atoms with Crippen molar-refractivity contribution in [2.24, 2.45) is 5.18 Å². The van der Waals surface area contributed by atoms with Gasteiger partial charge in [-0.1, -0.05) is 35.6 Å². The van der Waals surface area contributed by atoms with Gasteiger partial charge in [0.25, 0.3) is 11.8 Å². The zero-order valence-corrected chi connectivity index (χ0v) is 15.8. The van der Waals surface area contributed by atoms with Crippen LogP contribution < -0.4 is 11.1 Å². The number of hydrogen-bond acceptors (Lipinski definition) is 9. The second-order valence-corrected chi connectivity index (χ2v) is 8.24. The van der Waals surface area contributed by atoms with Crippen LogP contribution in [0.5, 0.6) is 0 Å². The number of nitroso groups, excluding NO2 is 1. The number of amides is 2. The van der Waals surface area contributed by atoms with E-state index in [1.54, 1.807) is 0 Å². The van der Waals surface area contributed by atoms with Crippen LogP contribution >= 0.6 is 34.7 Å². The molecule has 0 radical (unpaired) electrons. The predicted molar refractivity (Wildman–Crippen MR) is 100.0 cm³/mol. The number of aromatic nitrogens is 1. The van der Waals surface area contributed by atoms with Gasteiger partial charge in [-0.2, -0.15) is 0 Å². The van der Waals surface area contributed by atoms with Crippen LogP contribution in [0.2, 0.25) is 4.34 Å². The van der Waals surface area contributed by atoms with Crippen LogP contribution in [0.25, 0.3) is 0 Å². The van der Waals surface area contributed by atoms with Crippen molar-refractivity contribution in [3.05, 3.63) is 38.9 Å². The Labute approximate surface area is 165 Å². The van der Waals surface area contributed by atoms with Crippen molar-refractivity contribution < 1.29 is 19.5 Å². The standard InChI is InChI=1S/C14H12ClN5O5S2/c1-2-4-3-26-12-7(11(22)20(12)8(4)13(23)24)17-10(21)6(19-25)5-9(15)27-14(16)18-5/h2,6-7,12H,1,3H2,(H2,16,18)(H,17,21)(H,23,24)/t6?,7-,12+/m1/s1. The summed E-state index contributed by atoms with van der Waals surface area (Å²) in [5.41, 5.74) is 5.67. The van der Waals surface area contributed by atoms with Crippen LogP contribution in [0.15, 0.2) is 29.1 Å². The Morgan fingerprint density at radius 3 is 2.78 bits per heavy atom. The molecular formula is C14H12ClN5O5S2. The number of halogens is 1. The molecule has 0 aliphatic carbocycles. The number of nitrogens with two attached hydrogens (primary N) is 1. The van der Waals surface area contributed by atoms with E-state index in [-0.39, 0.29) is 20.9 Å². The topological polar surface area (TPSA) is 155 Å². The Morgan fingerprint density at radius 1 is 1.56 bits per heavy atom. The average molecular weight is 430 g/mol. The third-order valence-electron chi connectivity index (χ3n) is 3.98. The Balaban J connectivity index is 1.79. The largest absolute Gasteiger partial charge is 0.477 e. The third kappa shape index (κ3) is 3.19. The summed E-state index contributed by atoms with van der Waals surface area (Å²) in [6.07, 6.45) is 1.38. The number of carboxylic acids is 1. The lowest BCUT2D eigenvalue weighted by molar-refractivity contribution is -0.150. The van der Waals surface area contributed by atoms with Crippen molar-refractivity contribution in [1.29, 1.82) is 0 Å². The van der Waals surface area contributed by atoms with Crippen molar-refractivity contribution in [2.75, 3.05) is 11.5 Å². The Kier molecular flexibility index (Phi) is 5.22. The van der Waals surface area contributed by atoms with Gasteiger partial charge in [-0.25, -0.2) is 9.78 Å². The summed E-state index contributed by atoms with van der Waals surface area (Å²) < 4.78 is 0.0487. The number of thiazole rings is 1. The molecule has 4 N–H and O–H groups in total. The Hall–Kier alpha value is -2.44. The second kappa shape index (κ2) is 7.29. The summed E-state index contributed by atoms with van der Waals surface area (Å²) >= 11 is 8.07. The third-order valence-corrected chi connectivity index (χ3v) is 6.40. The van der Waals surface area contributed by atoms with Crippen molar-refractivity contribution >= 4 is 57.6 Å². The van der Waals surface area contributed by atoms with E-state index >= 15 is 0 Å². The van der Waals surface area contributed by atoms with Gasteiger partial charge >= 0.3 is 5.97 Å². The lowest BCUT2D eigenvalue weighted by Crippen LogP contribution is -2.70. The summed E-state index contributed by atoms with van der Waals surface area (Å²) in [5.74, 6) is -2.42. The number of fused-ring (bicyclic) bond motifs is 1. The van der Waals surface area contributed by atoms with E-state index in [1.165, 1.54) is 17.8 Å². The van der Waals surface area contributed by atoms with E-state index in [4.69, 9.17) is 17.3 Å². The zero-order chi connectivity index (χ0) is 19.9. The maximum Gasteiger partial charge on any atom is 0.352 e. The lowest BCUT2D eigenvalue weighted by atomic mass is 10.0. The molecule has 0 saturated carbocycles. The highest BCUT2D eigenvalue weighted by Crippen LogP contribution is 2.41. The molecule has 1 fully saturated rings. The number of nitrogens with zero attached hydrogens (tertiary/aromatic N) is 3. The zero-order valence-electron chi connectivity index (χ0n) is 13.4. The van der Waals surface area contributed by atoms with Crippen LogP contribution in [-0.4, -0.2) is 49.9 Å². The van der Waals surface area contributed by atoms with Gasteiger partial charge in [0.15, 0.2) is 5.13 Å². The smallest absolute Gasteiger partial charge is 0.352 e. The SMILES string of the molecule is C=CC1=C(C(=O)O)N2C(=O)[C@@H](NC(=O)C(N=O)c3nc(N)sc3Cl)[C@@H]2SC1. The van der Waals surface area contributed by atoms with E-state index in [9.17, 15) is 24.4 Å². The fraction of sp³-hybridized carbons (Fsp3) is 0.286. The van der Waals surface area contributed by atoms with E-state index in [0.717, 1.165) is 16.2 Å². The monoisotopic (exact) mass is 429 g/mol. The second-order valence-electron chi connectivity index (χ2n) is 5.50. The molecule has 3 heterocycles. The highest BCUT2D eigenvalue weighted by molar-refractivity contribution is 8.00. The van der Waals surface area contributed by atoms with E-state index in [0.29, 0.717) is 11.3 Å². The molecule has 0 bridgehead atoms. The molecule has 0 aromatic carbocycles. The minimum atomic E-state index is -1.57. The maximum absolute atomic E-state index is 12.4. The molecule has 2 amide bonds. The van der Waals surface area contributed by atoms with E-state index in [2.05, 4.69) is 22.1 Å². The Morgan fingerprint density at radius 2 is 2.26 bits per heavy atom. The van der Waals surface area contributed by atoms with Gasteiger partial charge in [0.1, 0.15) is 27.1 Å². The van der Waals surface area contributed by atoms with Crippen LogP contribution in [-0.2, 0) is 14.4 Å². The number of aliphatic carboxylic acids is 1. The van der Waals surface area contributed by atoms with E-state index < -0.39 is 35.2 Å². The highest BCUT2D eigenvalue weighted by Gasteiger charge is 2.54. The number of thioether (sulfide) groups is 1. The minimum absolute atomic E-state index is 0.0487. The van der Waals surface area contributed by atoms with Gasteiger partial charge in [0, 0.05) is 5.75 Å².